The third-order valence-electron chi connectivity index (χ3n) is 5.12. The maximum Gasteiger partial charge on any atom is 0.229 e. The molecule has 4 nitrogen and oxygen atoms in total. The lowest BCUT2D eigenvalue weighted by atomic mass is 9.92. The monoisotopic (exact) mass is 333 g/mol. The Morgan fingerprint density at radius 2 is 1.72 bits per heavy atom. The van der Waals surface area contributed by atoms with Crippen molar-refractivity contribution in [2.45, 2.75) is 12.5 Å². The summed E-state index contributed by atoms with van der Waals surface area (Å²) in [5.74, 6) is 0.170. The number of carbonyl (C=O) groups is 1. The van der Waals surface area contributed by atoms with Crippen LogP contribution in [0.2, 0.25) is 0 Å². The fraction of sp³-hybridized carbons (Fsp3) is 0.286. The molecule has 2 aliphatic rings. The van der Waals surface area contributed by atoms with Gasteiger partial charge in [0.1, 0.15) is 0 Å². The Hall–Kier alpha value is -2.43. The summed E-state index contributed by atoms with van der Waals surface area (Å²) in [4.78, 5) is 15.0. The number of hydrogen-bond donors (Lipinski definition) is 2. The zero-order chi connectivity index (χ0) is 17.1. The Kier molecular flexibility index (Phi) is 4.63. The van der Waals surface area contributed by atoms with Gasteiger partial charge in [-0.05, 0) is 23.1 Å². The van der Waals surface area contributed by atoms with E-state index in [4.69, 9.17) is 0 Å². The zero-order valence-electron chi connectivity index (χ0n) is 14.2. The average molecular weight is 333 g/mol. The van der Waals surface area contributed by atoms with Crippen LogP contribution in [0.1, 0.15) is 23.6 Å². The number of nitrogens with one attached hydrogen (secondary N) is 2. The third kappa shape index (κ3) is 3.36. The molecule has 4 rings (SSSR count). The van der Waals surface area contributed by atoms with Crippen molar-refractivity contribution in [2.75, 3.05) is 19.6 Å². The second-order valence-electron chi connectivity index (χ2n) is 6.65. The van der Waals surface area contributed by atoms with Crippen LogP contribution in [0.25, 0.3) is 5.57 Å². The van der Waals surface area contributed by atoms with Crippen molar-refractivity contribution in [1.82, 2.24) is 15.8 Å². The van der Waals surface area contributed by atoms with Crippen molar-refractivity contribution in [2.24, 2.45) is 5.92 Å². The highest BCUT2D eigenvalue weighted by atomic mass is 16.2. The molecule has 0 aromatic heterocycles. The molecule has 2 N–H and O–H groups in total. The number of hydrazine groups is 1. The van der Waals surface area contributed by atoms with Gasteiger partial charge < -0.3 is 4.90 Å². The quantitative estimate of drug-likeness (QED) is 0.908. The molecule has 2 aliphatic heterocycles. The number of carbonyl (C=O) groups excluding carboxylic acids is 1. The van der Waals surface area contributed by atoms with E-state index in [1.54, 1.807) is 0 Å². The van der Waals surface area contributed by atoms with Gasteiger partial charge in [0.25, 0.3) is 0 Å². The zero-order valence-corrected chi connectivity index (χ0v) is 14.2. The number of rotatable bonds is 3. The molecule has 2 unspecified atom stereocenters. The molecule has 0 saturated carbocycles. The van der Waals surface area contributed by atoms with E-state index in [1.807, 2.05) is 29.2 Å². The largest absolute Gasteiger partial charge is 0.338 e. The maximum absolute atomic E-state index is 13.0. The van der Waals surface area contributed by atoms with Crippen molar-refractivity contribution in [3.63, 3.8) is 0 Å². The summed E-state index contributed by atoms with van der Waals surface area (Å²) in [6.07, 6.45) is 3.11. The fourth-order valence-corrected chi connectivity index (χ4v) is 3.72. The summed E-state index contributed by atoms with van der Waals surface area (Å²) < 4.78 is 0. The SMILES string of the molecule is O=C(C1CNNC1c1ccccc1)N1CC=C(c2ccccc2)CC1. The highest BCUT2D eigenvalue weighted by Crippen LogP contribution is 2.28. The van der Waals surface area contributed by atoms with Gasteiger partial charge in [-0.2, -0.15) is 0 Å². The predicted octanol–water partition coefficient (Wildman–Crippen LogP) is 2.77. The molecule has 1 saturated heterocycles. The second kappa shape index (κ2) is 7.21. The lowest BCUT2D eigenvalue weighted by Crippen LogP contribution is -2.41. The minimum absolute atomic E-state index is 0.0354. The minimum atomic E-state index is -0.0610. The molecule has 2 atom stereocenters. The molecule has 1 amide bonds. The molecule has 0 spiro atoms. The molecule has 1 fully saturated rings. The normalized spacial score (nSPS) is 23.4. The van der Waals surface area contributed by atoms with Crippen molar-refractivity contribution >= 4 is 11.5 Å². The van der Waals surface area contributed by atoms with Gasteiger partial charge >= 0.3 is 0 Å². The summed E-state index contributed by atoms with van der Waals surface area (Å²) in [5.41, 5.74) is 10.2. The van der Waals surface area contributed by atoms with Gasteiger partial charge in [-0.3, -0.25) is 10.2 Å². The van der Waals surface area contributed by atoms with Gasteiger partial charge in [0.15, 0.2) is 0 Å². The van der Waals surface area contributed by atoms with E-state index in [0.717, 1.165) is 18.5 Å². The van der Waals surface area contributed by atoms with E-state index >= 15 is 0 Å². The first-order valence-corrected chi connectivity index (χ1v) is 8.89. The Morgan fingerprint density at radius 3 is 2.40 bits per heavy atom. The molecule has 0 bridgehead atoms. The van der Waals surface area contributed by atoms with Crippen LogP contribution in [-0.4, -0.2) is 30.4 Å². The van der Waals surface area contributed by atoms with E-state index in [2.05, 4.69) is 53.3 Å². The van der Waals surface area contributed by atoms with E-state index < -0.39 is 0 Å². The van der Waals surface area contributed by atoms with Crippen LogP contribution in [0.5, 0.6) is 0 Å². The lowest BCUT2D eigenvalue weighted by Gasteiger charge is -2.30. The second-order valence-corrected chi connectivity index (χ2v) is 6.65. The van der Waals surface area contributed by atoms with Gasteiger partial charge in [-0.25, -0.2) is 5.43 Å². The summed E-state index contributed by atoms with van der Waals surface area (Å²) >= 11 is 0. The maximum atomic E-state index is 13.0. The van der Waals surface area contributed by atoms with E-state index in [1.165, 1.54) is 11.1 Å². The number of benzene rings is 2. The average Bonchev–Trinajstić information content (AvgIpc) is 3.19. The highest BCUT2D eigenvalue weighted by molar-refractivity contribution is 5.82. The molecule has 25 heavy (non-hydrogen) atoms. The summed E-state index contributed by atoms with van der Waals surface area (Å²) in [6.45, 7) is 2.16. The van der Waals surface area contributed by atoms with Gasteiger partial charge in [-0.15, -0.1) is 0 Å². The molecule has 4 heteroatoms. The van der Waals surface area contributed by atoms with Crippen molar-refractivity contribution in [3.05, 3.63) is 77.9 Å². The van der Waals surface area contributed by atoms with Crippen molar-refractivity contribution < 1.29 is 4.79 Å². The van der Waals surface area contributed by atoms with E-state index in [-0.39, 0.29) is 17.9 Å². The van der Waals surface area contributed by atoms with Gasteiger partial charge in [0, 0.05) is 19.6 Å². The van der Waals surface area contributed by atoms with Crippen LogP contribution in [0.3, 0.4) is 0 Å². The van der Waals surface area contributed by atoms with Crippen LogP contribution in [-0.2, 0) is 4.79 Å². The lowest BCUT2D eigenvalue weighted by molar-refractivity contribution is -0.135. The smallest absolute Gasteiger partial charge is 0.229 e. The molecular formula is C21H23N3O. The van der Waals surface area contributed by atoms with E-state index in [9.17, 15) is 4.79 Å². The molecule has 128 valence electrons. The Bertz CT molecular complexity index is 757. The van der Waals surface area contributed by atoms with Crippen LogP contribution < -0.4 is 10.9 Å². The number of nitrogens with zero attached hydrogens (tertiary/aromatic N) is 1. The Morgan fingerprint density at radius 1 is 1.00 bits per heavy atom. The molecular weight excluding hydrogens is 310 g/mol. The van der Waals surface area contributed by atoms with Gasteiger partial charge in [-0.1, -0.05) is 66.7 Å². The summed E-state index contributed by atoms with van der Waals surface area (Å²) in [6, 6.07) is 20.7. The molecule has 0 radical (unpaired) electrons. The number of amides is 1. The van der Waals surface area contributed by atoms with Crippen LogP contribution in [0, 0.1) is 5.92 Å². The summed E-state index contributed by atoms with van der Waals surface area (Å²) in [5, 5.41) is 0. The first kappa shape index (κ1) is 16.1. The topological polar surface area (TPSA) is 44.4 Å². The van der Waals surface area contributed by atoms with Crippen molar-refractivity contribution in [1.29, 1.82) is 0 Å². The first-order chi connectivity index (χ1) is 12.3. The molecule has 2 heterocycles. The highest BCUT2D eigenvalue weighted by Gasteiger charge is 2.36. The predicted molar refractivity (Wildman–Crippen MR) is 99.4 cm³/mol. The van der Waals surface area contributed by atoms with Crippen molar-refractivity contribution in [3.8, 4) is 0 Å². The standard InChI is InChI=1S/C21H23N3O/c25-21(19-15-22-23-20(19)18-9-5-2-6-10-18)24-13-11-17(12-14-24)16-7-3-1-4-8-16/h1-11,19-20,22-23H,12-15H2. The molecule has 2 aromatic rings. The third-order valence-corrected chi connectivity index (χ3v) is 5.12. The first-order valence-electron chi connectivity index (χ1n) is 8.89. The van der Waals surface area contributed by atoms with Gasteiger partial charge in [0.2, 0.25) is 5.91 Å². The number of hydrogen-bond acceptors (Lipinski definition) is 3. The Balaban J connectivity index is 1.46. The van der Waals surface area contributed by atoms with E-state index in [0.29, 0.717) is 13.1 Å². The van der Waals surface area contributed by atoms with Gasteiger partial charge in [0.05, 0.1) is 12.0 Å². The van der Waals surface area contributed by atoms with Crippen LogP contribution in [0.15, 0.2) is 66.7 Å². The van der Waals surface area contributed by atoms with Crippen LogP contribution in [0.4, 0.5) is 0 Å². The molecule has 0 aliphatic carbocycles. The van der Waals surface area contributed by atoms with Crippen LogP contribution >= 0.6 is 0 Å². The summed E-state index contributed by atoms with van der Waals surface area (Å²) in [7, 11) is 0. The Labute approximate surface area is 148 Å². The fourth-order valence-electron chi connectivity index (χ4n) is 3.72. The minimum Gasteiger partial charge on any atom is -0.338 e. The molecule has 2 aromatic carbocycles.